The molecule has 7 nitrogen and oxygen atoms in total. The Morgan fingerprint density at radius 1 is 1.25 bits per heavy atom. The number of fused-ring (bicyclic) bond motifs is 1. The molecule has 132 valence electrons. The van der Waals surface area contributed by atoms with Crippen LogP contribution in [-0.2, 0) is 10.1 Å². The van der Waals surface area contributed by atoms with Crippen molar-refractivity contribution in [3.63, 3.8) is 0 Å². The summed E-state index contributed by atoms with van der Waals surface area (Å²) in [5.74, 6) is -0.641. The van der Waals surface area contributed by atoms with Gasteiger partial charge in [0.15, 0.2) is 6.61 Å². The first-order chi connectivity index (χ1) is 11.0. The molecule has 1 aromatic carbocycles. The molecule has 0 amide bonds. The number of hydrogen-bond acceptors (Lipinski definition) is 6. The SMILES string of the molecule is COn1cc(OS(C)(=O)=O)c(=O)c2ccc(OCC(F)(F)F)cc21. The highest BCUT2D eigenvalue weighted by Gasteiger charge is 2.28. The largest absolute Gasteiger partial charge is 0.484 e. The van der Waals surface area contributed by atoms with Gasteiger partial charge in [-0.05, 0) is 12.1 Å². The smallest absolute Gasteiger partial charge is 0.422 e. The molecule has 0 aliphatic rings. The summed E-state index contributed by atoms with van der Waals surface area (Å²) in [6.07, 6.45) is -2.77. The van der Waals surface area contributed by atoms with E-state index < -0.39 is 34.1 Å². The van der Waals surface area contributed by atoms with Crippen LogP contribution in [0.4, 0.5) is 13.2 Å². The van der Waals surface area contributed by atoms with Crippen LogP contribution in [0.15, 0.2) is 29.2 Å². The molecule has 24 heavy (non-hydrogen) atoms. The number of rotatable bonds is 5. The molecule has 1 heterocycles. The van der Waals surface area contributed by atoms with Crippen molar-refractivity contribution >= 4 is 21.0 Å². The van der Waals surface area contributed by atoms with Gasteiger partial charge in [0.05, 0.1) is 23.4 Å². The molecule has 2 aromatic rings. The summed E-state index contributed by atoms with van der Waals surface area (Å²) in [6.45, 7) is -1.50. The van der Waals surface area contributed by atoms with E-state index in [2.05, 4.69) is 8.92 Å². The maximum absolute atomic E-state index is 12.2. The van der Waals surface area contributed by atoms with E-state index in [1.54, 1.807) is 0 Å². The lowest BCUT2D eigenvalue weighted by atomic mass is 10.2. The third kappa shape index (κ3) is 4.31. The molecule has 1 aromatic heterocycles. The van der Waals surface area contributed by atoms with Gasteiger partial charge >= 0.3 is 16.3 Å². The van der Waals surface area contributed by atoms with Crippen molar-refractivity contribution in [3.8, 4) is 11.5 Å². The average Bonchev–Trinajstić information content (AvgIpc) is 2.46. The molecule has 11 heteroatoms. The normalized spacial score (nSPS) is 12.2. The summed E-state index contributed by atoms with van der Waals surface area (Å²) < 4.78 is 69.1. The molecule has 0 N–H and O–H groups in total. The fourth-order valence-corrected chi connectivity index (χ4v) is 2.33. The molecule has 0 aliphatic heterocycles. The summed E-state index contributed by atoms with van der Waals surface area (Å²) >= 11 is 0. The molecule has 0 spiro atoms. The molecule has 0 atom stereocenters. The second kappa shape index (κ2) is 6.23. The Kier molecular flexibility index (Phi) is 4.65. The minimum Gasteiger partial charge on any atom is -0.484 e. The first-order valence-electron chi connectivity index (χ1n) is 6.33. The molecular formula is C13H12F3NO6S. The number of hydrogen-bond donors (Lipinski definition) is 0. The summed E-state index contributed by atoms with van der Waals surface area (Å²) in [4.78, 5) is 17.2. The van der Waals surface area contributed by atoms with Gasteiger partial charge in [-0.3, -0.25) is 4.79 Å². The van der Waals surface area contributed by atoms with Crippen LogP contribution in [0.2, 0.25) is 0 Å². The third-order valence-electron chi connectivity index (χ3n) is 2.75. The van der Waals surface area contributed by atoms with Gasteiger partial charge in [-0.15, -0.1) is 0 Å². The lowest BCUT2D eigenvalue weighted by Crippen LogP contribution is -2.20. The van der Waals surface area contributed by atoms with Crippen molar-refractivity contribution < 1.29 is 35.3 Å². The van der Waals surface area contributed by atoms with Gasteiger partial charge in [-0.2, -0.15) is 26.3 Å². The first kappa shape index (κ1) is 17.9. The maximum Gasteiger partial charge on any atom is 0.422 e. The summed E-state index contributed by atoms with van der Waals surface area (Å²) in [7, 11) is -2.73. The monoisotopic (exact) mass is 367 g/mol. The number of pyridine rings is 1. The number of ether oxygens (including phenoxy) is 1. The molecule has 0 aliphatic carbocycles. The van der Waals surface area contributed by atoms with Crippen LogP contribution in [0.25, 0.3) is 10.9 Å². The van der Waals surface area contributed by atoms with Crippen molar-refractivity contribution in [1.29, 1.82) is 0 Å². The van der Waals surface area contributed by atoms with Gasteiger partial charge in [-0.25, -0.2) is 0 Å². The van der Waals surface area contributed by atoms with Crippen molar-refractivity contribution in [2.45, 2.75) is 6.18 Å². The van der Waals surface area contributed by atoms with Gasteiger partial charge in [0.1, 0.15) is 12.9 Å². The second-order valence-electron chi connectivity index (χ2n) is 4.70. The minimum atomic E-state index is -4.51. The quantitative estimate of drug-likeness (QED) is 0.742. The highest BCUT2D eigenvalue weighted by molar-refractivity contribution is 7.86. The zero-order valence-corrected chi connectivity index (χ0v) is 13.3. The van der Waals surface area contributed by atoms with Gasteiger partial charge in [0.2, 0.25) is 11.2 Å². The summed E-state index contributed by atoms with van der Waals surface area (Å²) in [6, 6.07) is 3.50. The van der Waals surface area contributed by atoms with E-state index in [4.69, 9.17) is 4.84 Å². The topological polar surface area (TPSA) is 83.8 Å². The van der Waals surface area contributed by atoms with E-state index >= 15 is 0 Å². The molecular weight excluding hydrogens is 355 g/mol. The zero-order valence-electron chi connectivity index (χ0n) is 12.5. The highest BCUT2D eigenvalue weighted by atomic mass is 32.2. The van der Waals surface area contributed by atoms with Crippen LogP contribution >= 0.6 is 0 Å². The Hall–Kier alpha value is -2.43. The predicted octanol–water partition coefficient (Wildman–Crippen LogP) is 1.34. The predicted molar refractivity (Wildman–Crippen MR) is 77.7 cm³/mol. The van der Waals surface area contributed by atoms with Crippen LogP contribution in [0.5, 0.6) is 11.5 Å². The molecule has 0 fully saturated rings. The molecule has 0 bridgehead atoms. The highest BCUT2D eigenvalue weighted by Crippen LogP contribution is 2.23. The zero-order chi connectivity index (χ0) is 18.1. The van der Waals surface area contributed by atoms with Gasteiger partial charge in [-0.1, -0.05) is 0 Å². The Morgan fingerprint density at radius 3 is 2.46 bits per heavy atom. The Bertz CT molecular complexity index is 920. The maximum atomic E-state index is 12.2. The third-order valence-corrected chi connectivity index (χ3v) is 3.23. The van der Waals surface area contributed by atoms with E-state index in [0.717, 1.165) is 29.3 Å². The van der Waals surface area contributed by atoms with Crippen molar-refractivity contribution in [2.24, 2.45) is 0 Å². The molecule has 2 rings (SSSR count). The molecule has 0 radical (unpaired) electrons. The standard InChI is InChI=1S/C13H12F3NO6S/c1-21-17-6-11(23-24(2,19)20)12(18)9-4-3-8(5-10(9)17)22-7-13(14,15)16/h3-6H,7H2,1-2H3. The van der Waals surface area contributed by atoms with E-state index in [1.165, 1.54) is 13.2 Å². The fraction of sp³-hybridized carbons (Fsp3) is 0.308. The fourth-order valence-electron chi connectivity index (χ4n) is 1.88. The Morgan fingerprint density at radius 2 is 1.92 bits per heavy atom. The molecule has 0 saturated carbocycles. The lowest BCUT2D eigenvalue weighted by molar-refractivity contribution is -0.153. The van der Waals surface area contributed by atoms with Gasteiger partial charge in [0, 0.05) is 6.07 Å². The number of benzene rings is 1. The minimum absolute atomic E-state index is 0.0163. The van der Waals surface area contributed by atoms with Gasteiger partial charge < -0.3 is 13.8 Å². The van der Waals surface area contributed by atoms with Crippen LogP contribution in [0.1, 0.15) is 0 Å². The summed E-state index contributed by atoms with van der Waals surface area (Å²) in [5.41, 5.74) is -0.672. The van der Waals surface area contributed by atoms with Crippen molar-refractivity contribution in [2.75, 3.05) is 20.0 Å². The van der Waals surface area contributed by atoms with E-state index in [1.807, 2.05) is 0 Å². The van der Waals surface area contributed by atoms with Crippen LogP contribution in [-0.4, -0.2) is 39.3 Å². The van der Waals surface area contributed by atoms with E-state index in [-0.39, 0.29) is 16.7 Å². The Labute approximate surface area is 134 Å². The van der Waals surface area contributed by atoms with E-state index in [9.17, 15) is 26.4 Å². The van der Waals surface area contributed by atoms with Crippen molar-refractivity contribution in [3.05, 3.63) is 34.6 Å². The Balaban J connectivity index is 2.53. The molecule has 0 saturated heterocycles. The number of nitrogens with zero attached hydrogens (tertiary/aromatic N) is 1. The van der Waals surface area contributed by atoms with Gasteiger partial charge in [0.25, 0.3) is 0 Å². The van der Waals surface area contributed by atoms with Crippen LogP contribution < -0.4 is 19.2 Å². The average molecular weight is 367 g/mol. The first-order valence-corrected chi connectivity index (χ1v) is 8.15. The molecule has 0 unspecified atom stereocenters. The van der Waals surface area contributed by atoms with Crippen molar-refractivity contribution in [1.82, 2.24) is 4.73 Å². The summed E-state index contributed by atoms with van der Waals surface area (Å²) in [5, 5.41) is -0.0163. The van der Waals surface area contributed by atoms with Crippen LogP contribution in [0.3, 0.4) is 0 Å². The number of halogens is 3. The number of aromatic nitrogens is 1. The second-order valence-corrected chi connectivity index (χ2v) is 6.28. The van der Waals surface area contributed by atoms with E-state index in [0.29, 0.717) is 0 Å². The van der Waals surface area contributed by atoms with Crippen LogP contribution in [0, 0.1) is 0 Å². The number of alkyl halides is 3. The lowest BCUT2D eigenvalue weighted by Gasteiger charge is -2.13.